The number of ether oxygens (including phenoxy) is 2. The Morgan fingerprint density at radius 3 is 2.33 bits per heavy atom. The number of aryl methyl sites for hydroxylation is 2. The van der Waals surface area contributed by atoms with E-state index >= 15 is 0 Å². The molecule has 3 rings (SSSR count). The lowest BCUT2D eigenvalue weighted by atomic mass is 9.92. The highest BCUT2D eigenvalue weighted by Crippen LogP contribution is 2.36. The normalized spacial score (nSPS) is 14.1. The Balaban J connectivity index is 2.10. The lowest BCUT2D eigenvalue weighted by Gasteiger charge is -2.29. The summed E-state index contributed by atoms with van der Waals surface area (Å²) in [5, 5.41) is 6.05. The van der Waals surface area contributed by atoms with E-state index in [4.69, 9.17) is 14.5 Å². The van der Waals surface area contributed by atoms with Gasteiger partial charge in [0.15, 0.2) is 0 Å². The number of nitrogens with zero attached hydrogens (tertiary/aromatic N) is 2. The van der Waals surface area contributed by atoms with Gasteiger partial charge in [-0.3, -0.25) is 4.98 Å². The minimum atomic E-state index is -0.604. The van der Waals surface area contributed by atoms with E-state index in [0.29, 0.717) is 37.9 Å². The Morgan fingerprint density at radius 1 is 1.11 bits per heavy atom. The van der Waals surface area contributed by atoms with Crippen molar-refractivity contribution in [1.29, 1.82) is 0 Å². The van der Waals surface area contributed by atoms with Crippen LogP contribution in [0.3, 0.4) is 0 Å². The van der Waals surface area contributed by atoms with Gasteiger partial charge in [0, 0.05) is 36.5 Å². The minimum Gasteiger partial charge on any atom is -0.444 e. The van der Waals surface area contributed by atoms with Crippen molar-refractivity contribution in [3.63, 3.8) is 0 Å². The summed E-state index contributed by atoms with van der Waals surface area (Å²) in [6.07, 6.45) is 0.246. The maximum atomic E-state index is 13.2. The SMILES string of the molecule is Cc1ccc(-c2c(CNC(=O)OC(C)(C)C)c(CC(C)C)nc(C)c2NC(=O)N2CCOCC2)cc1. The van der Waals surface area contributed by atoms with Crippen LogP contribution in [0.5, 0.6) is 0 Å². The largest absolute Gasteiger partial charge is 0.444 e. The summed E-state index contributed by atoms with van der Waals surface area (Å²) in [5.74, 6) is 0.358. The van der Waals surface area contributed by atoms with Crippen LogP contribution in [0.25, 0.3) is 11.1 Å². The maximum Gasteiger partial charge on any atom is 0.407 e. The second-order valence-electron chi connectivity index (χ2n) is 10.7. The molecule has 1 aromatic carbocycles. The number of urea groups is 1. The number of amides is 3. The summed E-state index contributed by atoms with van der Waals surface area (Å²) in [5.41, 5.74) is 5.53. The van der Waals surface area contributed by atoms with Gasteiger partial charge in [0.2, 0.25) is 0 Å². The number of pyridine rings is 1. The first kappa shape index (κ1) is 27.5. The molecule has 0 atom stereocenters. The third-order valence-electron chi connectivity index (χ3n) is 5.85. The number of benzene rings is 1. The first-order valence-electron chi connectivity index (χ1n) is 12.6. The highest BCUT2D eigenvalue weighted by molar-refractivity contribution is 5.96. The first-order valence-corrected chi connectivity index (χ1v) is 12.6. The van der Waals surface area contributed by atoms with Crippen molar-refractivity contribution in [1.82, 2.24) is 15.2 Å². The summed E-state index contributed by atoms with van der Waals surface area (Å²) in [4.78, 5) is 32.4. The quantitative estimate of drug-likeness (QED) is 0.555. The van der Waals surface area contributed by atoms with E-state index < -0.39 is 11.7 Å². The zero-order valence-corrected chi connectivity index (χ0v) is 22.7. The fourth-order valence-electron chi connectivity index (χ4n) is 4.17. The topological polar surface area (TPSA) is 92.8 Å². The molecule has 2 N–H and O–H groups in total. The third-order valence-corrected chi connectivity index (χ3v) is 5.85. The van der Waals surface area contributed by atoms with Gasteiger partial charge in [0.1, 0.15) is 5.60 Å². The van der Waals surface area contributed by atoms with Crippen LogP contribution in [0.1, 0.15) is 57.1 Å². The van der Waals surface area contributed by atoms with Crippen LogP contribution in [0, 0.1) is 19.8 Å². The number of nitrogens with one attached hydrogen (secondary N) is 2. The Morgan fingerprint density at radius 2 is 1.75 bits per heavy atom. The smallest absolute Gasteiger partial charge is 0.407 e. The number of hydrogen-bond donors (Lipinski definition) is 2. The predicted octanol–water partition coefficient (Wildman–Crippen LogP) is 5.45. The molecule has 2 aromatic rings. The van der Waals surface area contributed by atoms with Crippen LogP contribution >= 0.6 is 0 Å². The molecule has 0 bridgehead atoms. The zero-order chi connectivity index (χ0) is 26.5. The summed E-state index contributed by atoms with van der Waals surface area (Å²) < 4.78 is 10.9. The molecule has 0 spiro atoms. The van der Waals surface area contributed by atoms with Gasteiger partial charge in [-0.1, -0.05) is 43.7 Å². The Labute approximate surface area is 214 Å². The first-order chi connectivity index (χ1) is 16.9. The molecule has 3 amide bonds. The minimum absolute atomic E-state index is 0.181. The highest BCUT2D eigenvalue weighted by atomic mass is 16.6. The number of rotatable bonds is 6. The van der Waals surface area contributed by atoms with Crippen molar-refractivity contribution in [2.75, 3.05) is 31.6 Å². The van der Waals surface area contributed by atoms with Crippen LogP contribution < -0.4 is 10.6 Å². The van der Waals surface area contributed by atoms with Gasteiger partial charge in [-0.2, -0.15) is 0 Å². The second kappa shape index (κ2) is 11.7. The van der Waals surface area contributed by atoms with Crippen LogP contribution in [0.2, 0.25) is 0 Å². The fourth-order valence-corrected chi connectivity index (χ4v) is 4.17. The van der Waals surface area contributed by atoms with E-state index in [1.165, 1.54) is 0 Å². The molecule has 36 heavy (non-hydrogen) atoms. The van der Waals surface area contributed by atoms with Gasteiger partial charge in [-0.05, 0) is 52.5 Å². The molecule has 1 saturated heterocycles. The van der Waals surface area contributed by atoms with Crippen molar-refractivity contribution in [3.8, 4) is 11.1 Å². The summed E-state index contributed by atoms with van der Waals surface area (Å²) >= 11 is 0. The van der Waals surface area contributed by atoms with Crippen LogP contribution in [0.4, 0.5) is 15.3 Å². The molecule has 0 radical (unpaired) electrons. The number of aromatic nitrogens is 1. The van der Waals surface area contributed by atoms with E-state index in [2.05, 4.69) is 24.5 Å². The standard InChI is InChI=1S/C28H40N4O4/c1-18(2)16-23-22(17-29-27(34)36-28(5,6)7)24(21-10-8-19(3)9-11-21)25(20(4)30-23)31-26(33)32-12-14-35-15-13-32/h8-11,18H,12-17H2,1-7H3,(H,29,34)(H,31,33). The lowest BCUT2D eigenvalue weighted by molar-refractivity contribution is 0.0523. The Hall–Kier alpha value is -3.13. The molecular formula is C28H40N4O4. The summed E-state index contributed by atoms with van der Waals surface area (Å²) in [6.45, 7) is 16.1. The number of morpholine rings is 1. The molecule has 196 valence electrons. The Bertz CT molecular complexity index is 1070. The predicted molar refractivity (Wildman–Crippen MR) is 142 cm³/mol. The molecule has 1 aliphatic heterocycles. The molecule has 0 unspecified atom stereocenters. The second-order valence-corrected chi connectivity index (χ2v) is 10.7. The van der Waals surface area contributed by atoms with E-state index in [0.717, 1.165) is 40.1 Å². The molecule has 1 aliphatic rings. The number of alkyl carbamates (subject to hydrolysis) is 1. The molecule has 0 aliphatic carbocycles. The van der Waals surface area contributed by atoms with Gasteiger partial charge in [0.05, 0.1) is 24.6 Å². The van der Waals surface area contributed by atoms with Crippen LogP contribution in [0.15, 0.2) is 24.3 Å². The number of hydrogen-bond acceptors (Lipinski definition) is 5. The van der Waals surface area contributed by atoms with E-state index in [-0.39, 0.29) is 12.6 Å². The van der Waals surface area contributed by atoms with Gasteiger partial charge in [-0.25, -0.2) is 9.59 Å². The molecule has 8 heteroatoms. The molecule has 1 aromatic heterocycles. The summed E-state index contributed by atoms with van der Waals surface area (Å²) in [7, 11) is 0. The monoisotopic (exact) mass is 496 g/mol. The molecular weight excluding hydrogens is 456 g/mol. The fraction of sp³-hybridized carbons (Fsp3) is 0.536. The zero-order valence-electron chi connectivity index (χ0n) is 22.7. The number of carbonyl (C=O) groups excluding carboxylic acids is 2. The molecule has 2 heterocycles. The van der Waals surface area contributed by atoms with Crippen LogP contribution in [-0.4, -0.2) is 53.9 Å². The lowest BCUT2D eigenvalue weighted by Crippen LogP contribution is -2.43. The third kappa shape index (κ3) is 7.43. The molecule has 1 fully saturated rings. The van der Waals surface area contributed by atoms with Gasteiger partial charge < -0.3 is 25.0 Å². The molecule has 8 nitrogen and oxygen atoms in total. The van der Waals surface area contributed by atoms with Crippen molar-refractivity contribution in [2.45, 2.75) is 67.0 Å². The number of carbonyl (C=O) groups is 2. The van der Waals surface area contributed by atoms with Gasteiger partial charge >= 0.3 is 12.1 Å². The summed E-state index contributed by atoms with van der Waals surface area (Å²) in [6, 6.07) is 8.01. The Kier molecular flexibility index (Phi) is 8.95. The van der Waals surface area contributed by atoms with E-state index in [1.54, 1.807) is 4.90 Å². The van der Waals surface area contributed by atoms with Crippen molar-refractivity contribution in [2.24, 2.45) is 5.92 Å². The van der Waals surface area contributed by atoms with Crippen molar-refractivity contribution >= 4 is 17.8 Å². The number of anilines is 1. The van der Waals surface area contributed by atoms with Gasteiger partial charge in [-0.15, -0.1) is 0 Å². The van der Waals surface area contributed by atoms with Gasteiger partial charge in [0.25, 0.3) is 0 Å². The van der Waals surface area contributed by atoms with Crippen molar-refractivity contribution in [3.05, 3.63) is 46.8 Å². The van der Waals surface area contributed by atoms with Crippen LogP contribution in [-0.2, 0) is 22.4 Å². The van der Waals surface area contributed by atoms with Crippen molar-refractivity contribution < 1.29 is 19.1 Å². The maximum absolute atomic E-state index is 13.2. The average molecular weight is 497 g/mol. The van der Waals surface area contributed by atoms with E-state index in [1.807, 2.05) is 58.9 Å². The highest BCUT2D eigenvalue weighted by Gasteiger charge is 2.25. The molecule has 0 saturated carbocycles. The van der Waals surface area contributed by atoms with E-state index in [9.17, 15) is 9.59 Å². The average Bonchev–Trinajstić information content (AvgIpc) is 2.79.